The largest absolute Gasteiger partial charge is 0.446 e. The molecule has 2 aromatic rings. The van der Waals surface area contributed by atoms with Crippen molar-refractivity contribution < 1.29 is 4.74 Å². The van der Waals surface area contributed by atoms with Gasteiger partial charge in [0.05, 0.1) is 12.4 Å². The lowest BCUT2D eigenvalue weighted by molar-refractivity contribution is 0.574. The Hall–Kier alpha value is -1.97. The molecule has 0 bridgehead atoms. The van der Waals surface area contributed by atoms with Crippen LogP contribution in [0, 0.1) is 0 Å². The number of hydrogen-bond donors (Lipinski definition) is 0. The number of nitrogens with zero attached hydrogens (tertiary/aromatic N) is 3. The fourth-order valence-corrected chi connectivity index (χ4v) is 1.16. The van der Waals surface area contributed by atoms with Gasteiger partial charge in [-0.2, -0.15) is 10.2 Å². The molecule has 0 aliphatic heterocycles. The van der Waals surface area contributed by atoms with Crippen molar-refractivity contribution in [2.45, 2.75) is 0 Å². The van der Waals surface area contributed by atoms with Gasteiger partial charge in [0, 0.05) is 17.8 Å². The third-order valence-electron chi connectivity index (χ3n) is 1.81. The molecule has 70 valence electrons. The van der Waals surface area contributed by atoms with Crippen LogP contribution in [0.25, 0.3) is 10.8 Å². The molecule has 0 saturated heterocycles. The second-order valence-corrected chi connectivity index (χ2v) is 2.76. The third kappa shape index (κ3) is 1.69. The van der Waals surface area contributed by atoms with Gasteiger partial charge in [-0.15, -0.1) is 0 Å². The van der Waals surface area contributed by atoms with E-state index in [2.05, 4.69) is 15.2 Å². The van der Waals surface area contributed by atoms with Gasteiger partial charge in [0.1, 0.15) is 5.75 Å². The van der Waals surface area contributed by atoms with E-state index in [-0.39, 0.29) is 0 Å². The Kier molecular flexibility index (Phi) is 2.36. The number of fused-ring (bicyclic) bond motifs is 1. The SMILES string of the molecule is C/N=C/Oc1ccc2cnncc2c1. The molecule has 0 aliphatic carbocycles. The van der Waals surface area contributed by atoms with E-state index in [0.717, 1.165) is 16.5 Å². The van der Waals surface area contributed by atoms with E-state index in [9.17, 15) is 0 Å². The molecular weight excluding hydrogens is 178 g/mol. The minimum atomic E-state index is 0.746. The molecule has 0 radical (unpaired) electrons. The first-order valence-electron chi connectivity index (χ1n) is 4.18. The highest BCUT2D eigenvalue weighted by molar-refractivity contribution is 5.82. The highest BCUT2D eigenvalue weighted by Crippen LogP contribution is 2.18. The van der Waals surface area contributed by atoms with Crippen LogP contribution < -0.4 is 4.74 Å². The summed E-state index contributed by atoms with van der Waals surface area (Å²) < 4.78 is 5.22. The van der Waals surface area contributed by atoms with Crippen LogP contribution in [-0.4, -0.2) is 23.6 Å². The van der Waals surface area contributed by atoms with Crippen molar-refractivity contribution in [1.82, 2.24) is 10.2 Å². The maximum atomic E-state index is 5.22. The van der Waals surface area contributed by atoms with Crippen LogP contribution in [0.15, 0.2) is 35.6 Å². The molecule has 0 N–H and O–H groups in total. The number of aliphatic imine (C=N–C) groups is 1. The smallest absolute Gasteiger partial charge is 0.176 e. The number of aromatic nitrogens is 2. The van der Waals surface area contributed by atoms with Crippen LogP contribution in [0.3, 0.4) is 0 Å². The van der Waals surface area contributed by atoms with Gasteiger partial charge < -0.3 is 4.74 Å². The van der Waals surface area contributed by atoms with E-state index in [1.807, 2.05) is 18.2 Å². The van der Waals surface area contributed by atoms with E-state index in [0.29, 0.717) is 0 Å². The molecule has 1 aromatic heterocycles. The maximum absolute atomic E-state index is 5.22. The molecule has 0 atom stereocenters. The predicted molar refractivity (Wildman–Crippen MR) is 54.6 cm³/mol. The van der Waals surface area contributed by atoms with Gasteiger partial charge in [0.2, 0.25) is 0 Å². The molecule has 1 heterocycles. The first-order valence-corrected chi connectivity index (χ1v) is 4.18. The van der Waals surface area contributed by atoms with Gasteiger partial charge in [-0.1, -0.05) is 0 Å². The lowest BCUT2D eigenvalue weighted by Gasteiger charge is -2.00. The molecule has 0 fully saturated rings. The number of hydrogen-bond acceptors (Lipinski definition) is 4. The maximum Gasteiger partial charge on any atom is 0.176 e. The molecule has 0 aliphatic rings. The normalized spacial score (nSPS) is 10.9. The molecule has 2 rings (SSSR count). The van der Waals surface area contributed by atoms with Gasteiger partial charge >= 0.3 is 0 Å². The van der Waals surface area contributed by atoms with Crippen molar-refractivity contribution in [3.63, 3.8) is 0 Å². The summed E-state index contributed by atoms with van der Waals surface area (Å²) in [5.74, 6) is 0.746. The van der Waals surface area contributed by atoms with Crippen molar-refractivity contribution in [3.05, 3.63) is 30.6 Å². The Morgan fingerprint density at radius 2 is 2.00 bits per heavy atom. The van der Waals surface area contributed by atoms with Crippen LogP contribution in [0.4, 0.5) is 0 Å². The number of rotatable bonds is 2. The fraction of sp³-hybridized carbons (Fsp3) is 0.100. The lowest BCUT2D eigenvalue weighted by Crippen LogP contribution is -1.89. The van der Waals surface area contributed by atoms with Crippen LogP contribution in [0.5, 0.6) is 5.75 Å². The first-order chi connectivity index (χ1) is 6.90. The van der Waals surface area contributed by atoms with Crippen LogP contribution in [0.1, 0.15) is 0 Å². The van der Waals surface area contributed by atoms with Crippen LogP contribution >= 0.6 is 0 Å². The van der Waals surface area contributed by atoms with Gasteiger partial charge in [-0.05, 0) is 18.2 Å². The van der Waals surface area contributed by atoms with E-state index in [1.165, 1.54) is 6.40 Å². The highest BCUT2D eigenvalue weighted by atomic mass is 16.5. The summed E-state index contributed by atoms with van der Waals surface area (Å²) in [6.45, 7) is 0. The predicted octanol–water partition coefficient (Wildman–Crippen LogP) is 1.67. The second kappa shape index (κ2) is 3.83. The quantitative estimate of drug-likeness (QED) is 0.530. The van der Waals surface area contributed by atoms with E-state index in [1.54, 1.807) is 19.4 Å². The van der Waals surface area contributed by atoms with Crippen molar-refractivity contribution in [2.24, 2.45) is 4.99 Å². The Morgan fingerprint density at radius 3 is 2.79 bits per heavy atom. The summed E-state index contributed by atoms with van der Waals surface area (Å²) in [5.41, 5.74) is 0. The van der Waals surface area contributed by atoms with Crippen molar-refractivity contribution in [3.8, 4) is 5.75 Å². The van der Waals surface area contributed by atoms with Gasteiger partial charge in [0.15, 0.2) is 6.40 Å². The standard InChI is InChI=1S/C10H9N3O/c1-11-7-14-10-3-2-8-5-12-13-6-9(8)4-10/h2-7H,1H3/b11-7+. The zero-order chi connectivity index (χ0) is 9.80. The Morgan fingerprint density at radius 1 is 1.21 bits per heavy atom. The van der Waals surface area contributed by atoms with E-state index < -0.39 is 0 Å². The number of benzene rings is 1. The molecule has 0 unspecified atom stereocenters. The molecule has 1 aromatic carbocycles. The third-order valence-corrected chi connectivity index (χ3v) is 1.81. The molecule has 14 heavy (non-hydrogen) atoms. The van der Waals surface area contributed by atoms with Gasteiger partial charge in [0.25, 0.3) is 0 Å². The van der Waals surface area contributed by atoms with Crippen molar-refractivity contribution in [2.75, 3.05) is 7.05 Å². The molecule has 0 saturated carbocycles. The Bertz CT molecular complexity index is 468. The zero-order valence-corrected chi connectivity index (χ0v) is 7.71. The van der Waals surface area contributed by atoms with E-state index >= 15 is 0 Å². The number of ether oxygens (including phenoxy) is 1. The second-order valence-electron chi connectivity index (χ2n) is 2.76. The summed E-state index contributed by atoms with van der Waals surface area (Å²) in [6, 6.07) is 5.69. The zero-order valence-electron chi connectivity index (χ0n) is 7.71. The average Bonchev–Trinajstić information content (AvgIpc) is 2.26. The molecule has 4 nitrogen and oxygen atoms in total. The van der Waals surface area contributed by atoms with Crippen LogP contribution in [0.2, 0.25) is 0 Å². The van der Waals surface area contributed by atoms with Crippen LogP contribution in [-0.2, 0) is 0 Å². The van der Waals surface area contributed by atoms with E-state index in [4.69, 9.17) is 4.74 Å². The summed E-state index contributed by atoms with van der Waals surface area (Å²) in [5, 5.41) is 9.63. The summed E-state index contributed by atoms with van der Waals surface area (Å²) in [4.78, 5) is 3.74. The Balaban J connectivity index is 2.41. The lowest BCUT2D eigenvalue weighted by atomic mass is 10.2. The van der Waals surface area contributed by atoms with Gasteiger partial charge in [-0.25, -0.2) is 0 Å². The van der Waals surface area contributed by atoms with Crippen molar-refractivity contribution >= 4 is 17.2 Å². The molecular formula is C10H9N3O. The topological polar surface area (TPSA) is 47.4 Å². The minimum absolute atomic E-state index is 0.746. The van der Waals surface area contributed by atoms with Gasteiger partial charge in [-0.3, -0.25) is 4.99 Å². The minimum Gasteiger partial charge on any atom is -0.446 e. The molecule has 4 heteroatoms. The summed E-state index contributed by atoms with van der Waals surface area (Å²) >= 11 is 0. The first kappa shape index (κ1) is 8.62. The molecule has 0 amide bonds. The fourth-order valence-electron chi connectivity index (χ4n) is 1.16. The Labute approximate surface area is 81.3 Å². The molecule has 0 spiro atoms. The highest BCUT2D eigenvalue weighted by Gasteiger charge is 1.96. The van der Waals surface area contributed by atoms with Crippen molar-refractivity contribution in [1.29, 1.82) is 0 Å². The summed E-state index contributed by atoms with van der Waals surface area (Å²) in [7, 11) is 1.66. The summed E-state index contributed by atoms with van der Waals surface area (Å²) in [6.07, 6.45) is 4.81. The average molecular weight is 187 g/mol. The monoisotopic (exact) mass is 187 g/mol.